The summed E-state index contributed by atoms with van der Waals surface area (Å²) in [4.78, 5) is 0. The molecule has 0 aromatic heterocycles. The van der Waals surface area contributed by atoms with E-state index in [0.29, 0.717) is 0 Å². The third-order valence-corrected chi connectivity index (χ3v) is 7.17. The van der Waals surface area contributed by atoms with Crippen LogP contribution in [0.25, 0.3) is 11.1 Å². The number of rotatable bonds is 6. The van der Waals surface area contributed by atoms with E-state index in [0.717, 1.165) is 11.8 Å². The summed E-state index contributed by atoms with van der Waals surface area (Å²) < 4.78 is 0. The van der Waals surface area contributed by atoms with Crippen LogP contribution in [-0.2, 0) is 10.8 Å². The zero-order valence-corrected chi connectivity index (χ0v) is 19.4. The largest absolute Gasteiger partial charge is 0.0651 e. The van der Waals surface area contributed by atoms with Crippen LogP contribution >= 0.6 is 0 Å². The lowest BCUT2D eigenvalue weighted by Gasteiger charge is -2.37. The molecule has 0 amide bonds. The molecule has 2 aromatic rings. The summed E-state index contributed by atoms with van der Waals surface area (Å²) in [6, 6.07) is 14.5. The highest BCUT2D eigenvalue weighted by molar-refractivity contribution is 5.82. The number of hydrogen-bond acceptors (Lipinski definition) is 0. The summed E-state index contributed by atoms with van der Waals surface area (Å²) in [6.45, 7) is 18.9. The van der Waals surface area contributed by atoms with Gasteiger partial charge >= 0.3 is 0 Å². The van der Waals surface area contributed by atoms with Gasteiger partial charge in [0.2, 0.25) is 0 Å². The lowest BCUT2D eigenvalue weighted by Crippen LogP contribution is -2.30. The first-order chi connectivity index (χ1) is 13.1. The summed E-state index contributed by atoms with van der Waals surface area (Å²) in [5.74, 6) is 1.45. The second kappa shape index (κ2) is 7.69. The van der Waals surface area contributed by atoms with Crippen molar-refractivity contribution < 1.29 is 0 Å². The van der Waals surface area contributed by atoms with E-state index in [-0.39, 0.29) is 10.8 Å². The van der Waals surface area contributed by atoms with Crippen LogP contribution in [0, 0.1) is 18.8 Å². The topological polar surface area (TPSA) is 0 Å². The van der Waals surface area contributed by atoms with Crippen LogP contribution in [-0.4, -0.2) is 0 Å². The van der Waals surface area contributed by atoms with E-state index < -0.39 is 0 Å². The maximum atomic E-state index is 2.56. The Labute approximate surface area is 173 Å². The van der Waals surface area contributed by atoms with Crippen molar-refractivity contribution in [1.82, 2.24) is 0 Å². The highest BCUT2D eigenvalue weighted by Crippen LogP contribution is 2.56. The summed E-state index contributed by atoms with van der Waals surface area (Å²) in [5, 5.41) is 0. The highest BCUT2D eigenvalue weighted by Gasteiger charge is 2.44. The average Bonchev–Trinajstić information content (AvgIpc) is 2.89. The van der Waals surface area contributed by atoms with Gasteiger partial charge in [0.05, 0.1) is 0 Å². The van der Waals surface area contributed by atoms with Crippen molar-refractivity contribution in [3.63, 3.8) is 0 Å². The fraction of sp³-hybridized carbons (Fsp3) is 0.571. The number of fused-ring (bicyclic) bond motifs is 3. The van der Waals surface area contributed by atoms with Crippen molar-refractivity contribution in [2.75, 3.05) is 0 Å². The van der Waals surface area contributed by atoms with E-state index in [4.69, 9.17) is 0 Å². The molecule has 152 valence electrons. The molecule has 2 aromatic carbocycles. The molecule has 0 radical (unpaired) electrons. The quantitative estimate of drug-likeness (QED) is 0.474. The Hall–Kier alpha value is -1.56. The van der Waals surface area contributed by atoms with Crippen LogP contribution in [0.2, 0.25) is 0 Å². The van der Waals surface area contributed by atoms with Gasteiger partial charge in [0.1, 0.15) is 0 Å². The van der Waals surface area contributed by atoms with E-state index in [2.05, 4.69) is 91.8 Å². The fourth-order valence-corrected chi connectivity index (χ4v) is 5.08. The molecule has 1 aliphatic rings. The van der Waals surface area contributed by atoms with Crippen molar-refractivity contribution >= 4 is 0 Å². The predicted molar refractivity (Wildman–Crippen MR) is 124 cm³/mol. The first-order valence-electron chi connectivity index (χ1n) is 11.4. The van der Waals surface area contributed by atoms with Gasteiger partial charge in [-0.2, -0.15) is 0 Å². The molecule has 0 heterocycles. The van der Waals surface area contributed by atoms with Crippen LogP contribution in [0.15, 0.2) is 36.4 Å². The number of aryl methyl sites for hydroxylation is 1. The molecule has 0 fully saturated rings. The average molecular weight is 377 g/mol. The van der Waals surface area contributed by atoms with E-state index in [1.807, 2.05) is 0 Å². The Morgan fingerprint density at radius 1 is 0.786 bits per heavy atom. The smallest absolute Gasteiger partial charge is 0.0220 e. The van der Waals surface area contributed by atoms with Gasteiger partial charge < -0.3 is 0 Å². The number of benzene rings is 2. The van der Waals surface area contributed by atoms with Gasteiger partial charge in [0.15, 0.2) is 0 Å². The zero-order chi connectivity index (χ0) is 20.7. The Balaban J connectivity index is 2.31. The fourth-order valence-electron chi connectivity index (χ4n) is 5.08. The molecule has 0 N–H and O–H groups in total. The molecule has 28 heavy (non-hydrogen) atoms. The first kappa shape index (κ1) is 21.2. The van der Waals surface area contributed by atoms with Gasteiger partial charge in [-0.1, -0.05) is 103 Å². The van der Waals surface area contributed by atoms with Crippen LogP contribution < -0.4 is 0 Å². The van der Waals surface area contributed by atoms with E-state index in [9.17, 15) is 0 Å². The van der Waals surface area contributed by atoms with Crippen LogP contribution in [0.1, 0.15) is 96.4 Å². The maximum Gasteiger partial charge on any atom is 0.0220 e. The standard InChI is InChI=1S/C28H40/c1-9-19(3)17-28(18-20(4)10-2)25-15-21(5)11-13-23(25)24-14-12-22(16-26(24)28)27(6,7)8/h11-16,19-20H,9-10,17-18H2,1-8H3. The van der Waals surface area contributed by atoms with Gasteiger partial charge in [0.25, 0.3) is 0 Å². The van der Waals surface area contributed by atoms with Crippen LogP contribution in [0.3, 0.4) is 0 Å². The minimum absolute atomic E-state index is 0.156. The molecule has 0 bridgehead atoms. The van der Waals surface area contributed by atoms with Crippen molar-refractivity contribution in [3.8, 4) is 11.1 Å². The van der Waals surface area contributed by atoms with E-state index in [1.165, 1.54) is 47.9 Å². The second-order valence-corrected chi connectivity index (χ2v) is 10.6. The van der Waals surface area contributed by atoms with Crippen molar-refractivity contribution in [2.24, 2.45) is 11.8 Å². The first-order valence-corrected chi connectivity index (χ1v) is 11.4. The van der Waals surface area contributed by atoms with Gasteiger partial charge in [0, 0.05) is 5.41 Å². The van der Waals surface area contributed by atoms with Gasteiger partial charge in [-0.25, -0.2) is 0 Å². The monoisotopic (exact) mass is 376 g/mol. The molecule has 1 aliphatic carbocycles. The maximum absolute atomic E-state index is 2.56. The van der Waals surface area contributed by atoms with Gasteiger partial charge in [-0.3, -0.25) is 0 Å². The Morgan fingerprint density at radius 3 is 1.79 bits per heavy atom. The molecule has 3 rings (SSSR count). The van der Waals surface area contributed by atoms with E-state index >= 15 is 0 Å². The molecule has 0 saturated heterocycles. The lowest BCUT2D eigenvalue weighted by molar-refractivity contribution is 0.308. The molecular formula is C28H40. The minimum Gasteiger partial charge on any atom is -0.0651 e. The molecular weight excluding hydrogens is 336 g/mol. The van der Waals surface area contributed by atoms with Crippen molar-refractivity contribution in [3.05, 3.63) is 58.7 Å². The summed E-state index contributed by atoms with van der Waals surface area (Å²) in [6.07, 6.45) is 5.01. The number of hydrogen-bond donors (Lipinski definition) is 0. The van der Waals surface area contributed by atoms with Crippen LogP contribution in [0.5, 0.6) is 0 Å². The predicted octanol–water partition coefficient (Wildman–Crippen LogP) is 8.43. The van der Waals surface area contributed by atoms with Crippen LogP contribution in [0.4, 0.5) is 0 Å². The molecule has 0 aliphatic heterocycles. The van der Waals surface area contributed by atoms with E-state index in [1.54, 1.807) is 11.1 Å². The van der Waals surface area contributed by atoms with Gasteiger partial charge in [-0.05, 0) is 64.8 Å². The Kier molecular flexibility index (Phi) is 5.81. The molecule has 0 spiro atoms. The molecule has 2 atom stereocenters. The van der Waals surface area contributed by atoms with Gasteiger partial charge in [-0.15, -0.1) is 0 Å². The molecule has 0 heteroatoms. The zero-order valence-electron chi connectivity index (χ0n) is 19.4. The second-order valence-electron chi connectivity index (χ2n) is 10.6. The third-order valence-electron chi connectivity index (χ3n) is 7.17. The summed E-state index contributed by atoms with van der Waals surface area (Å²) in [5.41, 5.74) is 9.34. The van der Waals surface area contributed by atoms with Crippen molar-refractivity contribution in [2.45, 2.75) is 91.9 Å². The Morgan fingerprint density at radius 2 is 1.29 bits per heavy atom. The summed E-state index contributed by atoms with van der Waals surface area (Å²) in [7, 11) is 0. The lowest BCUT2D eigenvalue weighted by atomic mass is 9.66. The summed E-state index contributed by atoms with van der Waals surface area (Å²) >= 11 is 0. The minimum atomic E-state index is 0.156. The Bertz CT molecular complexity index is 822. The molecule has 0 saturated carbocycles. The third kappa shape index (κ3) is 3.68. The van der Waals surface area contributed by atoms with Crippen molar-refractivity contribution in [1.29, 1.82) is 0 Å². The SMILES string of the molecule is CCC(C)CC1(CC(C)CC)c2cc(C)ccc2-c2ccc(C(C)(C)C)cc21. The normalized spacial score (nSPS) is 20.6. The highest BCUT2D eigenvalue weighted by atomic mass is 14.5. The molecule has 2 unspecified atom stereocenters. The molecule has 0 nitrogen and oxygen atoms in total.